The summed E-state index contributed by atoms with van der Waals surface area (Å²) in [4.78, 5) is 21.4. The molecule has 0 atom stereocenters. The van der Waals surface area contributed by atoms with Gasteiger partial charge in [-0.05, 0) is 49.2 Å². The molecule has 5 nitrogen and oxygen atoms in total. The highest BCUT2D eigenvalue weighted by molar-refractivity contribution is 6.04. The molecule has 4 rings (SSSR count). The van der Waals surface area contributed by atoms with E-state index in [9.17, 15) is 4.79 Å². The van der Waals surface area contributed by atoms with Crippen molar-refractivity contribution in [3.63, 3.8) is 0 Å². The largest absolute Gasteiger partial charge is 0.340 e. The molecule has 0 aliphatic rings. The molecular formula is C26H24N4O. The van der Waals surface area contributed by atoms with Crippen LogP contribution in [0.1, 0.15) is 28.4 Å². The number of nitrogens with zero attached hydrogens (tertiary/aromatic N) is 2. The summed E-state index contributed by atoms with van der Waals surface area (Å²) in [5.74, 6) is 0.509. The van der Waals surface area contributed by atoms with E-state index >= 15 is 0 Å². The zero-order chi connectivity index (χ0) is 21.6. The fourth-order valence-corrected chi connectivity index (χ4v) is 3.22. The summed E-state index contributed by atoms with van der Waals surface area (Å²) in [7, 11) is 0. The van der Waals surface area contributed by atoms with Crippen molar-refractivity contribution >= 4 is 23.1 Å². The first kappa shape index (κ1) is 20.3. The molecule has 0 aliphatic heterocycles. The lowest BCUT2D eigenvalue weighted by Crippen LogP contribution is -2.12. The van der Waals surface area contributed by atoms with Crippen molar-refractivity contribution in [3.8, 4) is 11.3 Å². The third kappa shape index (κ3) is 5.14. The number of carbonyl (C=O) groups is 1. The van der Waals surface area contributed by atoms with E-state index in [0.717, 1.165) is 29.1 Å². The molecule has 1 amide bonds. The third-order valence-electron chi connectivity index (χ3n) is 5.03. The van der Waals surface area contributed by atoms with Crippen LogP contribution >= 0.6 is 0 Å². The maximum absolute atomic E-state index is 12.7. The first-order valence-corrected chi connectivity index (χ1v) is 10.3. The Kier molecular flexibility index (Phi) is 6.03. The minimum Gasteiger partial charge on any atom is -0.340 e. The molecule has 0 saturated carbocycles. The number of hydrogen-bond donors (Lipinski definition) is 2. The Hall–Kier alpha value is -3.99. The molecule has 1 heterocycles. The molecule has 31 heavy (non-hydrogen) atoms. The van der Waals surface area contributed by atoms with E-state index in [2.05, 4.69) is 46.6 Å². The molecule has 0 radical (unpaired) electrons. The van der Waals surface area contributed by atoms with Crippen LogP contribution in [-0.4, -0.2) is 15.9 Å². The van der Waals surface area contributed by atoms with Gasteiger partial charge in [0.05, 0.1) is 5.69 Å². The normalized spacial score (nSPS) is 10.5. The van der Waals surface area contributed by atoms with Gasteiger partial charge in [-0.25, -0.2) is 9.97 Å². The lowest BCUT2D eigenvalue weighted by Gasteiger charge is -2.10. The Morgan fingerprint density at radius 3 is 2.39 bits per heavy atom. The molecule has 0 aliphatic carbocycles. The van der Waals surface area contributed by atoms with Gasteiger partial charge in [-0.1, -0.05) is 55.0 Å². The first-order chi connectivity index (χ1) is 15.1. The van der Waals surface area contributed by atoms with Crippen LogP contribution in [0.15, 0.2) is 85.2 Å². The average molecular weight is 409 g/mol. The number of aromatic nitrogens is 2. The van der Waals surface area contributed by atoms with E-state index in [1.165, 1.54) is 17.5 Å². The molecule has 0 unspecified atom stereocenters. The van der Waals surface area contributed by atoms with Crippen LogP contribution in [0.5, 0.6) is 0 Å². The molecule has 0 fully saturated rings. The van der Waals surface area contributed by atoms with Crippen LogP contribution in [0.25, 0.3) is 11.3 Å². The summed E-state index contributed by atoms with van der Waals surface area (Å²) < 4.78 is 0. The lowest BCUT2D eigenvalue weighted by molar-refractivity contribution is 0.102. The predicted octanol–water partition coefficient (Wildman–Crippen LogP) is 6.01. The SMILES string of the molecule is CCc1ccc(NC(=O)c2cccc(Nc3cc(-c4ccc(C)cc4)ncn3)c2)cc1. The standard InChI is InChI=1S/C26H24N4O/c1-3-19-9-13-22(14-10-19)30-26(31)21-5-4-6-23(15-21)29-25-16-24(27-17-28-25)20-11-7-18(2)8-12-20/h4-17H,3H2,1-2H3,(H,30,31)(H,27,28,29). The monoisotopic (exact) mass is 408 g/mol. The van der Waals surface area contributed by atoms with E-state index < -0.39 is 0 Å². The van der Waals surface area contributed by atoms with E-state index in [1.807, 2.05) is 60.7 Å². The molecule has 4 aromatic rings. The number of rotatable bonds is 6. The van der Waals surface area contributed by atoms with Gasteiger partial charge in [-0.3, -0.25) is 4.79 Å². The summed E-state index contributed by atoms with van der Waals surface area (Å²) in [6, 6.07) is 25.3. The second-order valence-corrected chi connectivity index (χ2v) is 7.36. The van der Waals surface area contributed by atoms with Crippen molar-refractivity contribution in [3.05, 3.63) is 102 Å². The number of anilines is 3. The smallest absolute Gasteiger partial charge is 0.255 e. The van der Waals surface area contributed by atoms with Gasteiger partial charge in [-0.15, -0.1) is 0 Å². The van der Waals surface area contributed by atoms with Crippen molar-refractivity contribution < 1.29 is 4.79 Å². The Labute approximate surface area is 182 Å². The minimum atomic E-state index is -0.157. The van der Waals surface area contributed by atoms with Crippen molar-refractivity contribution in [1.29, 1.82) is 0 Å². The van der Waals surface area contributed by atoms with Crippen molar-refractivity contribution in [2.24, 2.45) is 0 Å². The van der Waals surface area contributed by atoms with Gasteiger partial charge < -0.3 is 10.6 Å². The predicted molar refractivity (Wildman–Crippen MR) is 126 cm³/mol. The van der Waals surface area contributed by atoms with Crippen LogP contribution < -0.4 is 10.6 Å². The zero-order valence-corrected chi connectivity index (χ0v) is 17.6. The van der Waals surface area contributed by atoms with Gasteiger partial charge in [0.2, 0.25) is 0 Å². The molecule has 154 valence electrons. The quantitative estimate of drug-likeness (QED) is 0.410. The van der Waals surface area contributed by atoms with E-state index in [-0.39, 0.29) is 5.91 Å². The van der Waals surface area contributed by atoms with Crippen LogP contribution in [0.2, 0.25) is 0 Å². The van der Waals surface area contributed by atoms with Gasteiger partial charge in [-0.2, -0.15) is 0 Å². The van der Waals surface area contributed by atoms with Crippen LogP contribution in [0.3, 0.4) is 0 Å². The Bertz CT molecular complexity index is 1180. The Balaban J connectivity index is 1.48. The highest BCUT2D eigenvalue weighted by atomic mass is 16.1. The summed E-state index contributed by atoms with van der Waals surface area (Å²) in [5.41, 5.74) is 6.42. The molecule has 0 spiro atoms. The average Bonchev–Trinajstić information content (AvgIpc) is 2.80. The number of hydrogen-bond acceptors (Lipinski definition) is 4. The highest BCUT2D eigenvalue weighted by Crippen LogP contribution is 2.22. The molecule has 3 aromatic carbocycles. The summed E-state index contributed by atoms with van der Waals surface area (Å²) >= 11 is 0. The molecular weight excluding hydrogens is 384 g/mol. The maximum atomic E-state index is 12.7. The van der Waals surface area contributed by atoms with Gasteiger partial charge >= 0.3 is 0 Å². The van der Waals surface area contributed by atoms with Gasteiger partial charge in [0.25, 0.3) is 5.91 Å². The summed E-state index contributed by atoms with van der Waals surface area (Å²) in [5, 5.41) is 6.21. The maximum Gasteiger partial charge on any atom is 0.255 e. The fraction of sp³-hybridized carbons (Fsp3) is 0.115. The van der Waals surface area contributed by atoms with E-state index in [1.54, 1.807) is 6.07 Å². The van der Waals surface area contributed by atoms with Gasteiger partial charge in [0.15, 0.2) is 0 Å². The summed E-state index contributed by atoms with van der Waals surface area (Å²) in [6.45, 7) is 4.16. The van der Waals surface area contributed by atoms with Gasteiger partial charge in [0.1, 0.15) is 12.1 Å². The lowest BCUT2D eigenvalue weighted by atomic mass is 10.1. The molecule has 5 heteroatoms. The van der Waals surface area contributed by atoms with Crippen molar-refractivity contribution in [1.82, 2.24) is 9.97 Å². The number of carbonyl (C=O) groups excluding carboxylic acids is 1. The Morgan fingerprint density at radius 2 is 1.65 bits per heavy atom. The molecule has 2 N–H and O–H groups in total. The number of amides is 1. The van der Waals surface area contributed by atoms with E-state index in [0.29, 0.717) is 11.4 Å². The molecule has 0 bridgehead atoms. The third-order valence-corrected chi connectivity index (χ3v) is 5.03. The molecule has 0 saturated heterocycles. The first-order valence-electron chi connectivity index (χ1n) is 10.3. The van der Waals surface area contributed by atoms with Gasteiger partial charge in [0, 0.05) is 28.6 Å². The zero-order valence-electron chi connectivity index (χ0n) is 17.6. The summed E-state index contributed by atoms with van der Waals surface area (Å²) in [6.07, 6.45) is 2.50. The second kappa shape index (κ2) is 9.22. The van der Waals surface area contributed by atoms with Crippen LogP contribution in [-0.2, 0) is 6.42 Å². The van der Waals surface area contributed by atoms with Crippen molar-refractivity contribution in [2.45, 2.75) is 20.3 Å². The van der Waals surface area contributed by atoms with Crippen LogP contribution in [0.4, 0.5) is 17.2 Å². The second-order valence-electron chi connectivity index (χ2n) is 7.36. The molecule has 1 aromatic heterocycles. The Morgan fingerprint density at radius 1 is 0.871 bits per heavy atom. The van der Waals surface area contributed by atoms with E-state index in [4.69, 9.17) is 0 Å². The number of benzene rings is 3. The fourth-order valence-electron chi connectivity index (χ4n) is 3.22. The van der Waals surface area contributed by atoms with Crippen LogP contribution in [0, 0.1) is 6.92 Å². The number of nitrogens with one attached hydrogen (secondary N) is 2. The highest BCUT2D eigenvalue weighted by Gasteiger charge is 2.08. The number of aryl methyl sites for hydroxylation is 2. The topological polar surface area (TPSA) is 66.9 Å². The van der Waals surface area contributed by atoms with Crippen molar-refractivity contribution in [2.75, 3.05) is 10.6 Å². The minimum absolute atomic E-state index is 0.157.